The van der Waals surface area contributed by atoms with E-state index in [-0.39, 0.29) is 34.7 Å². The zero-order chi connectivity index (χ0) is 25.3. The van der Waals surface area contributed by atoms with Crippen LogP contribution in [0, 0.1) is 11.2 Å². The van der Waals surface area contributed by atoms with Gasteiger partial charge in [0.05, 0.1) is 11.8 Å². The summed E-state index contributed by atoms with van der Waals surface area (Å²) in [5.74, 6) is 0.389. The summed E-state index contributed by atoms with van der Waals surface area (Å²) in [5, 5.41) is 9.21. The SMILES string of the molecule is CC(C)N(C(=O)c1cc(F)ccc1Oc1cncnc1N1CC2(CCN(C(=O)O)CC2)C1)C(C)C. The standard InChI is InChI=1S/C25H32FN5O4/c1-16(2)31(17(3)4)23(32)19-11-18(26)5-6-20(19)35-21-12-27-15-28-22(21)30-13-25(14-30)7-9-29(10-8-25)24(33)34/h5-6,11-12,15-17H,7-10,13-14H2,1-4H3,(H,33,34). The first-order valence-corrected chi connectivity index (χ1v) is 11.9. The lowest BCUT2D eigenvalue weighted by atomic mass is 9.72. The van der Waals surface area contributed by atoms with Gasteiger partial charge in [-0.15, -0.1) is 0 Å². The van der Waals surface area contributed by atoms with Crippen LogP contribution in [0.5, 0.6) is 11.5 Å². The molecule has 2 aliphatic rings. The molecule has 9 nitrogen and oxygen atoms in total. The zero-order valence-corrected chi connectivity index (χ0v) is 20.6. The first-order valence-electron chi connectivity index (χ1n) is 11.9. The summed E-state index contributed by atoms with van der Waals surface area (Å²) in [4.78, 5) is 38.3. The summed E-state index contributed by atoms with van der Waals surface area (Å²) in [5.41, 5.74) is 0.198. The summed E-state index contributed by atoms with van der Waals surface area (Å²) >= 11 is 0. The number of piperidine rings is 1. The molecule has 2 aliphatic heterocycles. The van der Waals surface area contributed by atoms with Crippen LogP contribution in [-0.2, 0) is 0 Å². The Morgan fingerprint density at radius 1 is 1.11 bits per heavy atom. The van der Waals surface area contributed by atoms with Crippen LogP contribution in [0.4, 0.5) is 15.0 Å². The van der Waals surface area contributed by atoms with Crippen molar-refractivity contribution in [1.29, 1.82) is 0 Å². The molecular weight excluding hydrogens is 453 g/mol. The van der Waals surface area contributed by atoms with E-state index in [1.807, 2.05) is 27.7 Å². The largest absolute Gasteiger partial charge is 0.465 e. The van der Waals surface area contributed by atoms with Crippen molar-refractivity contribution in [2.75, 3.05) is 31.1 Å². The molecule has 188 valence electrons. The topological polar surface area (TPSA) is 99.1 Å². The maximum atomic E-state index is 14.2. The van der Waals surface area contributed by atoms with Gasteiger partial charge in [0.1, 0.15) is 17.9 Å². The van der Waals surface area contributed by atoms with Gasteiger partial charge in [-0.3, -0.25) is 4.79 Å². The van der Waals surface area contributed by atoms with Crippen LogP contribution >= 0.6 is 0 Å². The number of rotatable bonds is 6. The average molecular weight is 486 g/mol. The monoisotopic (exact) mass is 485 g/mol. The Balaban J connectivity index is 1.54. The third-order valence-corrected chi connectivity index (χ3v) is 6.84. The third-order valence-electron chi connectivity index (χ3n) is 6.84. The number of aromatic nitrogens is 2. The van der Waals surface area contributed by atoms with Crippen molar-refractivity contribution in [3.63, 3.8) is 0 Å². The summed E-state index contributed by atoms with van der Waals surface area (Å²) in [6.07, 6.45) is 3.71. The van der Waals surface area contributed by atoms with Gasteiger partial charge in [0.2, 0.25) is 0 Å². The fraction of sp³-hybridized carbons (Fsp3) is 0.520. The van der Waals surface area contributed by atoms with Gasteiger partial charge in [-0.1, -0.05) is 0 Å². The maximum Gasteiger partial charge on any atom is 0.407 e. The molecule has 2 saturated heterocycles. The fourth-order valence-corrected chi connectivity index (χ4v) is 5.10. The second-order valence-corrected chi connectivity index (χ2v) is 9.98. The van der Waals surface area contributed by atoms with Gasteiger partial charge in [-0.05, 0) is 58.7 Å². The van der Waals surface area contributed by atoms with Crippen molar-refractivity contribution >= 4 is 17.8 Å². The summed E-state index contributed by atoms with van der Waals surface area (Å²) in [7, 11) is 0. The molecule has 0 atom stereocenters. The van der Waals surface area contributed by atoms with Crippen LogP contribution in [0.25, 0.3) is 0 Å². The van der Waals surface area contributed by atoms with Crippen molar-refractivity contribution in [2.45, 2.75) is 52.6 Å². The van der Waals surface area contributed by atoms with Crippen molar-refractivity contribution in [1.82, 2.24) is 19.8 Å². The molecule has 4 rings (SSSR count). The number of carbonyl (C=O) groups excluding carboxylic acids is 1. The van der Waals surface area contributed by atoms with Gasteiger partial charge < -0.3 is 24.5 Å². The minimum absolute atomic E-state index is 0.0558. The van der Waals surface area contributed by atoms with Gasteiger partial charge in [0.25, 0.3) is 5.91 Å². The highest BCUT2D eigenvalue weighted by atomic mass is 19.1. The predicted octanol–water partition coefficient (Wildman–Crippen LogP) is 4.25. The van der Waals surface area contributed by atoms with Gasteiger partial charge >= 0.3 is 6.09 Å². The molecule has 1 aromatic heterocycles. The maximum absolute atomic E-state index is 14.2. The number of halogens is 1. The Bertz CT molecular complexity index is 1090. The Labute approximate surface area is 204 Å². The van der Waals surface area contributed by atoms with E-state index in [4.69, 9.17) is 4.74 Å². The molecule has 0 unspecified atom stereocenters. The number of ether oxygens (including phenoxy) is 1. The van der Waals surface area contributed by atoms with Gasteiger partial charge in [-0.2, -0.15) is 0 Å². The number of benzene rings is 1. The molecule has 0 aliphatic carbocycles. The minimum atomic E-state index is -0.874. The van der Waals surface area contributed by atoms with E-state index in [1.165, 1.54) is 29.4 Å². The molecule has 2 aromatic rings. The molecule has 2 fully saturated rings. The van der Waals surface area contributed by atoms with Crippen molar-refractivity contribution in [2.24, 2.45) is 5.41 Å². The van der Waals surface area contributed by atoms with Gasteiger partial charge in [-0.25, -0.2) is 19.2 Å². The van der Waals surface area contributed by atoms with Crippen LogP contribution in [-0.4, -0.2) is 75.1 Å². The molecule has 2 amide bonds. The number of carboxylic acid groups (broad SMARTS) is 1. The van der Waals surface area contributed by atoms with E-state index in [1.54, 1.807) is 11.1 Å². The van der Waals surface area contributed by atoms with Crippen LogP contribution in [0.1, 0.15) is 50.9 Å². The fourth-order valence-electron chi connectivity index (χ4n) is 5.10. The van der Waals surface area contributed by atoms with E-state index < -0.39 is 11.9 Å². The predicted molar refractivity (Wildman–Crippen MR) is 128 cm³/mol. The summed E-state index contributed by atoms with van der Waals surface area (Å²) in [6.45, 7) is 10.2. The molecule has 0 bridgehead atoms. The molecule has 3 heterocycles. The number of amides is 2. The van der Waals surface area contributed by atoms with Gasteiger partial charge in [0, 0.05) is 43.7 Å². The molecule has 1 spiro atoms. The summed E-state index contributed by atoms with van der Waals surface area (Å²) in [6, 6.07) is 3.78. The zero-order valence-electron chi connectivity index (χ0n) is 20.6. The number of hydrogen-bond acceptors (Lipinski definition) is 6. The normalized spacial score (nSPS) is 17.0. The molecule has 1 N–H and O–H groups in total. The quantitative estimate of drug-likeness (QED) is 0.653. The smallest absolute Gasteiger partial charge is 0.407 e. The second kappa shape index (κ2) is 9.67. The lowest BCUT2D eigenvalue weighted by Crippen LogP contribution is -2.61. The Morgan fingerprint density at radius 3 is 2.37 bits per heavy atom. The van der Waals surface area contributed by atoms with E-state index in [2.05, 4.69) is 14.9 Å². The third kappa shape index (κ3) is 5.01. The molecule has 1 aromatic carbocycles. The van der Waals surface area contributed by atoms with Crippen LogP contribution in [0.2, 0.25) is 0 Å². The highest BCUT2D eigenvalue weighted by Gasteiger charge is 2.46. The average Bonchev–Trinajstić information content (AvgIpc) is 2.78. The van der Waals surface area contributed by atoms with Gasteiger partial charge in [0.15, 0.2) is 11.6 Å². The van der Waals surface area contributed by atoms with Crippen LogP contribution in [0.3, 0.4) is 0 Å². The Morgan fingerprint density at radius 2 is 1.77 bits per heavy atom. The first kappa shape index (κ1) is 24.7. The van der Waals surface area contributed by atoms with E-state index >= 15 is 0 Å². The molecule has 35 heavy (non-hydrogen) atoms. The Kier molecular flexibility index (Phi) is 6.82. The molecule has 0 radical (unpaired) electrons. The summed E-state index contributed by atoms with van der Waals surface area (Å²) < 4.78 is 20.3. The van der Waals surface area contributed by atoms with Crippen molar-refractivity contribution in [3.8, 4) is 11.5 Å². The molecular formula is C25H32FN5O4. The highest BCUT2D eigenvalue weighted by Crippen LogP contribution is 2.45. The number of likely N-dealkylation sites (tertiary alicyclic amines) is 1. The molecule has 10 heteroatoms. The van der Waals surface area contributed by atoms with Crippen molar-refractivity contribution < 1.29 is 23.8 Å². The molecule has 0 saturated carbocycles. The Hall–Kier alpha value is -3.43. The first-order chi connectivity index (χ1) is 16.6. The lowest BCUT2D eigenvalue weighted by Gasteiger charge is -2.54. The number of hydrogen-bond donors (Lipinski definition) is 1. The number of anilines is 1. The minimum Gasteiger partial charge on any atom is -0.465 e. The van der Waals surface area contributed by atoms with E-state index in [0.717, 1.165) is 25.9 Å². The van der Waals surface area contributed by atoms with E-state index in [9.17, 15) is 19.1 Å². The number of nitrogens with zero attached hydrogens (tertiary/aromatic N) is 5. The lowest BCUT2D eigenvalue weighted by molar-refractivity contribution is 0.0640. The van der Waals surface area contributed by atoms with Crippen molar-refractivity contribution in [3.05, 3.63) is 42.1 Å². The highest BCUT2D eigenvalue weighted by molar-refractivity contribution is 5.97. The second-order valence-electron chi connectivity index (χ2n) is 9.98. The van der Waals surface area contributed by atoms with Crippen LogP contribution in [0.15, 0.2) is 30.7 Å². The van der Waals surface area contributed by atoms with E-state index in [0.29, 0.717) is 24.7 Å². The number of carbonyl (C=O) groups is 2. The van der Waals surface area contributed by atoms with Crippen LogP contribution < -0.4 is 9.64 Å².